The number of fused-ring (bicyclic) bond motifs is 1. The summed E-state index contributed by atoms with van der Waals surface area (Å²) in [4.78, 5) is 32.2. The molecule has 0 bridgehead atoms. The molecular formula is C19H21N3O3S. The van der Waals surface area contributed by atoms with E-state index in [0.29, 0.717) is 34.6 Å². The second-order valence-corrected chi connectivity index (χ2v) is 6.93. The highest BCUT2D eigenvalue weighted by molar-refractivity contribution is 7.99. The summed E-state index contributed by atoms with van der Waals surface area (Å²) in [5.74, 6) is 1.09. The van der Waals surface area contributed by atoms with E-state index in [-0.39, 0.29) is 23.8 Å². The second kappa shape index (κ2) is 8.23. The van der Waals surface area contributed by atoms with Gasteiger partial charge in [0.15, 0.2) is 5.16 Å². The van der Waals surface area contributed by atoms with E-state index in [1.165, 1.54) is 11.8 Å². The molecule has 2 heterocycles. The number of aromatic nitrogens is 2. The molecule has 0 unspecified atom stereocenters. The van der Waals surface area contributed by atoms with Crippen molar-refractivity contribution in [2.45, 2.75) is 30.8 Å². The van der Waals surface area contributed by atoms with E-state index >= 15 is 0 Å². The normalized spacial score (nSPS) is 15.9. The maximum Gasteiger partial charge on any atom is 0.257 e. The van der Waals surface area contributed by atoms with Crippen LogP contribution in [0.1, 0.15) is 36.8 Å². The number of benzene rings is 1. The van der Waals surface area contributed by atoms with E-state index in [1.54, 1.807) is 6.08 Å². The fourth-order valence-corrected chi connectivity index (χ4v) is 3.53. The highest BCUT2D eigenvalue weighted by Gasteiger charge is 2.32. The van der Waals surface area contributed by atoms with Gasteiger partial charge in [-0.15, -0.1) is 6.58 Å². The Balaban J connectivity index is 2.05. The number of nitrogens with zero attached hydrogens (tertiary/aromatic N) is 1. The van der Waals surface area contributed by atoms with Gasteiger partial charge in [0, 0.05) is 23.7 Å². The highest BCUT2D eigenvalue weighted by atomic mass is 32.2. The van der Waals surface area contributed by atoms with E-state index in [0.717, 1.165) is 12.0 Å². The first-order chi connectivity index (χ1) is 12.6. The van der Waals surface area contributed by atoms with Crippen molar-refractivity contribution >= 4 is 23.5 Å². The van der Waals surface area contributed by atoms with Gasteiger partial charge in [-0.2, -0.15) is 0 Å². The molecule has 0 saturated heterocycles. The predicted molar refractivity (Wildman–Crippen MR) is 103 cm³/mol. The number of rotatable bonds is 7. The van der Waals surface area contributed by atoms with Crippen LogP contribution in [0, 0.1) is 0 Å². The van der Waals surface area contributed by atoms with Gasteiger partial charge in [0.2, 0.25) is 5.91 Å². The van der Waals surface area contributed by atoms with Crippen molar-refractivity contribution in [2.75, 3.05) is 17.7 Å². The third kappa shape index (κ3) is 3.83. The van der Waals surface area contributed by atoms with Crippen LogP contribution in [0.3, 0.4) is 0 Å². The number of nitrogens with one attached hydrogen (secondary N) is 2. The summed E-state index contributed by atoms with van der Waals surface area (Å²) in [5, 5.41) is 3.19. The quantitative estimate of drug-likeness (QED) is 0.443. The third-order valence-electron chi connectivity index (χ3n) is 4.02. The molecule has 2 N–H and O–H groups in total. The fourth-order valence-electron chi connectivity index (χ4n) is 2.93. The van der Waals surface area contributed by atoms with Crippen LogP contribution in [0.2, 0.25) is 0 Å². The number of carbonyl (C=O) groups excluding carboxylic acids is 1. The van der Waals surface area contributed by atoms with Crippen LogP contribution >= 0.6 is 11.8 Å². The number of H-pyrrole nitrogens is 1. The van der Waals surface area contributed by atoms with Crippen molar-refractivity contribution < 1.29 is 9.53 Å². The minimum atomic E-state index is -0.387. The number of para-hydroxylation sites is 1. The molecule has 2 aromatic rings. The van der Waals surface area contributed by atoms with E-state index < -0.39 is 0 Å². The Hall–Kier alpha value is -2.54. The van der Waals surface area contributed by atoms with Crippen molar-refractivity contribution in [3.63, 3.8) is 0 Å². The van der Waals surface area contributed by atoms with Crippen LogP contribution in [-0.4, -0.2) is 28.2 Å². The molecule has 0 fully saturated rings. The maximum atomic E-state index is 12.7. The fraction of sp³-hybridized carbons (Fsp3) is 0.316. The molecule has 1 atom stereocenters. The number of hydrogen-bond donors (Lipinski definition) is 2. The van der Waals surface area contributed by atoms with Crippen LogP contribution in [0.4, 0.5) is 5.82 Å². The smallest absolute Gasteiger partial charge is 0.257 e. The zero-order valence-corrected chi connectivity index (χ0v) is 15.4. The van der Waals surface area contributed by atoms with Crippen molar-refractivity contribution in [3.05, 3.63) is 58.4 Å². The molecule has 26 heavy (non-hydrogen) atoms. The molecule has 6 nitrogen and oxygen atoms in total. The second-order valence-electron chi connectivity index (χ2n) is 5.92. The van der Waals surface area contributed by atoms with Gasteiger partial charge in [-0.25, -0.2) is 4.98 Å². The zero-order valence-electron chi connectivity index (χ0n) is 14.6. The molecule has 0 spiro atoms. The minimum absolute atomic E-state index is 0.162. The summed E-state index contributed by atoms with van der Waals surface area (Å²) < 4.78 is 5.83. The molecule has 0 saturated carbocycles. The number of thioether (sulfide) groups is 1. The predicted octanol–water partition coefficient (Wildman–Crippen LogP) is 3.31. The highest BCUT2D eigenvalue weighted by Crippen LogP contribution is 2.38. The number of carbonyl (C=O) groups is 1. The van der Waals surface area contributed by atoms with Crippen molar-refractivity contribution in [1.29, 1.82) is 0 Å². The molecule has 136 valence electrons. The SMILES string of the molecule is C=CCSc1nc2c(c(=O)[nH]1)[C@H](c1ccccc1OCCC)CC(=O)N2. The first kappa shape index (κ1) is 18.3. The van der Waals surface area contributed by atoms with Crippen molar-refractivity contribution in [1.82, 2.24) is 9.97 Å². The standard InChI is InChI=1S/C19H21N3O3S/c1-3-9-25-14-8-6-5-7-12(14)13-11-15(23)20-17-16(13)18(24)22-19(21-17)26-10-4-2/h4-8,13H,2-3,9-11H2,1H3,(H2,20,21,22,23,24)/t13-/m0/s1. The van der Waals surface area contributed by atoms with Crippen LogP contribution in [-0.2, 0) is 4.79 Å². The molecule has 1 aliphatic rings. The summed E-state index contributed by atoms with van der Waals surface area (Å²) >= 11 is 1.36. The molecular weight excluding hydrogens is 350 g/mol. The lowest BCUT2D eigenvalue weighted by Gasteiger charge is -2.26. The summed E-state index contributed by atoms with van der Waals surface area (Å²) in [6.07, 6.45) is 2.79. The van der Waals surface area contributed by atoms with Gasteiger partial charge < -0.3 is 15.0 Å². The van der Waals surface area contributed by atoms with Crippen molar-refractivity contribution in [3.8, 4) is 5.75 Å². The van der Waals surface area contributed by atoms with E-state index in [2.05, 4.69) is 21.9 Å². The summed E-state index contributed by atoms with van der Waals surface area (Å²) in [7, 11) is 0. The van der Waals surface area contributed by atoms with Gasteiger partial charge in [-0.1, -0.05) is 43.0 Å². The number of aromatic amines is 1. The lowest BCUT2D eigenvalue weighted by atomic mass is 9.86. The van der Waals surface area contributed by atoms with E-state index in [4.69, 9.17) is 4.74 Å². The van der Waals surface area contributed by atoms with Crippen LogP contribution in [0.15, 0.2) is 46.9 Å². The monoisotopic (exact) mass is 371 g/mol. The number of ether oxygens (including phenoxy) is 1. The molecule has 0 aliphatic carbocycles. The first-order valence-electron chi connectivity index (χ1n) is 8.53. The lowest BCUT2D eigenvalue weighted by molar-refractivity contribution is -0.116. The average molecular weight is 371 g/mol. The van der Waals surface area contributed by atoms with Crippen LogP contribution in [0.25, 0.3) is 0 Å². The maximum absolute atomic E-state index is 12.7. The van der Waals surface area contributed by atoms with Gasteiger partial charge in [-0.3, -0.25) is 9.59 Å². The Bertz CT molecular complexity index is 879. The number of amides is 1. The Morgan fingerprint density at radius 1 is 1.38 bits per heavy atom. The van der Waals surface area contributed by atoms with Gasteiger partial charge in [-0.05, 0) is 12.5 Å². The summed E-state index contributed by atoms with van der Waals surface area (Å²) in [6.45, 7) is 6.27. The molecule has 1 aliphatic heterocycles. The van der Waals surface area contributed by atoms with Gasteiger partial charge >= 0.3 is 0 Å². The van der Waals surface area contributed by atoms with Gasteiger partial charge in [0.25, 0.3) is 5.56 Å². The zero-order chi connectivity index (χ0) is 18.5. The van der Waals surface area contributed by atoms with Gasteiger partial charge in [0.05, 0.1) is 12.2 Å². The largest absolute Gasteiger partial charge is 0.493 e. The minimum Gasteiger partial charge on any atom is -0.493 e. The summed E-state index contributed by atoms with van der Waals surface area (Å²) in [5.41, 5.74) is 1.06. The van der Waals surface area contributed by atoms with Crippen LogP contribution in [0.5, 0.6) is 5.75 Å². The van der Waals surface area contributed by atoms with Gasteiger partial charge in [0.1, 0.15) is 11.6 Å². The van der Waals surface area contributed by atoms with E-state index in [1.807, 2.05) is 31.2 Å². The molecule has 1 aromatic heterocycles. The average Bonchev–Trinajstić information content (AvgIpc) is 2.64. The Morgan fingerprint density at radius 3 is 2.96 bits per heavy atom. The summed E-state index contributed by atoms with van der Waals surface area (Å²) in [6, 6.07) is 7.54. The van der Waals surface area contributed by atoms with E-state index in [9.17, 15) is 9.59 Å². The molecule has 0 radical (unpaired) electrons. The Kier molecular flexibility index (Phi) is 5.78. The molecule has 1 amide bonds. The first-order valence-corrected chi connectivity index (χ1v) is 9.52. The van der Waals surface area contributed by atoms with Crippen molar-refractivity contribution in [2.24, 2.45) is 0 Å². The third-order valence-corrected chi connectivity index (χ3v) is 4.89. The molecule has 3 rings (SSSR count). The number of anilines is 1. The Labute approximate surface area is 156 Å². The topological polar surface area (TPSA) is 84.1 Å². The molecule has 7 heteroatoms. The Morgan fingerprint density at radius 2 is 2.19 bits per heavy atom. The lowest BCUT2D eigenvalue weighted by Crippen LogP contribution is -2.31. The number of hydrogen-bond acceptors (Lipinski definition) is 5. The molecule has 1 aromatic carbocycles. The van der Waals surface area contributed by atoms with Crippen LogP contribution < -0.4 is 15.6 Å².